The number of hydrogen-bond acceptors (Lipinski definition) is 5. The van der Waals surface area contributed by atoms with Crippen LogP contribution in [0.2, 0.25) is 0 Å². The van der Waals surface area contributed by atoms with Crippen molar-refractivity contribution in [3.63, 3.8) is 0 Å². The molecule has 0 aliphatic rings. The average molecular weight is 283 g/mol. The van der Waals surface area contributed by atoms with Gasteiger partial charge in [0.1, 0.15) is 17.4 Å². The van der Waals surface area contributed by atoms with Gasteiger partial charge in [-0.2, -0.15) is 10.5 Å². The van der Waals surface area contributed by atoms with Gasteiger partial charge in [-0.05, 0) is 24.3 Å². The van der Waals surface area contributed by atoms with Crippen molar-refractivity contribution in [1.29, 1.82) is 10.5 Å². The fraction of sp³-hybridized carbons (Fsp3) is 0. The molecule has 0 radical (unpaired) electrons. The number of ether oxygens (including phenoxy) is 1. The molecule has 7 heteroatoms. The second kappa shape index (κ2) is 5.68. The van der Waals surface area contributed by atoms with Gasteiger partial charge in [0.25, 0.3) is 5.69 Å². The number of benzene rings is 2. The molecule has 0 heterocycles. The van der Waals surface area contributed by atoms with Crippen LogP contribution in [0.25, 0.3) is 0 Å². The quantitative estimate of drug-likeness (QED) is 0.635. The Balaban J connectivity index is 2.35. The van der Waals surface area contributed by atoms with Crippen LogP contribution in [-0.4, -0.2) is 4.92 Å². The summed E-state index contributed by atoms with van der Waals surface area (Å²) in [4.78, 5) is 10.0. The summed E-state index contributed by atoms with van der Waals surface area (Å²) in [5.41, 5.74) is -0.405. The molecule has 0 aliphatic carbocycles. The van der Waals surface area contributed by atoms with Crippen molar-refractivity contribution in [3.05, 3.63) is 63.5 Å². The zero-order valence-corrected chi connectivity index (χ0v) is 10.4. The van der Waals surface area contributed by atoms with Gasteiger partial charge in [0.2, 0.25) is 0 Å². The molecule has 21 heavy (non-hydrogen) atoms. The second-order valence-electron chi connectivity index (χ2n) is 3.91. The summed E-state index contributed by atoms with van der Waals surface area (Å²) in [5.74, 6) is -0.807. The van der Waals surface area contributed by atoms with Crippen molar-refractivity contribution < 1.29 is 14.1 Å². The molecule has 0 aliphatic heterocycles. The molecule has 6 nitrogen and oxygen atoms in total. The zero-order chi connectivity index (χ0) is 15.4. The summed E-state index contributed by atoms with van der Waals surface area (Å²) in [6.45, 7) is 0. The van der Waals surface area contributed by atoms with E-state index in [2.05, 4.69) is 0 Å². The van der Waals surface area contributed by atoms with E-state index in [-0.39, 0.29) is 28.3 Å². The third-order valence-corrected chi connectivity index (χ3v) is 2.57. The van der Waals surface area contributed by atoms with E-state index in [0.717, 1.165) is 18.2 Å². The van der Waals surface area contributed by atoms with Crippen LogP contribution in [0, 0.1) is 38.6 Å². The van der Waals surface area contributed by atoms with Crippen molar-refractivity contribution in [2.45, 2.75) is 0 Å². The fourth-order valence-corrected chi connectivity index (χ4v) is 1.61. The average Bonchev–Trinajstić information content (AvgIpc) is 2.48. The third-order valence-electron chi connectivity index (χ3n) is 2.57. The number of nitriles is 2. The molecule has 2 aromatic carbocycles. The number of hydrogen-bond donors (Lipinski definition) is 0. The molecule has 2 rings (SSSR count). The minimum absolute atomic E-state index is 0.0840. The third kappa shape index (κ3) is 2.94. The molecule has 0 atom stereocenters. The van der Waals surface area contributed by atoms with Gasteiger partial charge >= 0.3 is 0 Å². The van der Waals surface area contributed by atoms with Crippen molar-refractivity contribution >= 4 is 5.69 Å². The summed E-state index contributed by atoms with van der Waals surface area (Å²) in [6, 6.07) is 10.6. The Labute approximate surface area is 118 Å². The SMILES string of the molecule is N#Cc1ccc(Oc2ccc([N+](=O)[O-])c(C#N)c2)c(F)c1. The summed E-state index contributed by atoms with van der Waals surface area (Å²) < 4.78 is 18.9. The Morgan fingerprint density at radius 2 is 1.90 bits per heavy atom. The molecule has 0 N–H and O–H groups in total. The van der Waals surface area contributed by atoms with Crippen LogP contribution < -0.4 is 4.74 Å². The van der Waals surface area contributed by atoms with Crippen molar-refractivity contribution in [2.24, 2.45) is 0 Å². The highest BCUT2D eigenvalue weighted by Crippen LogP contribution is 2.29. The number of nitro groups is 1. The fourth-order valence-electron chi connectivity index (χ4n) is 1.61. The highest BCUT2D eigenvalue weighted by atomic mass is 19.1. The highest BCUT2D eigenvalue weighted by molar-refractivity contribution is 5.53. The standard InChI is InChI=1S/C14H6FN3O3/c15-12-5-9(7-16)1-4-14(12)21-11-2-3-13(18(19)20)10(6-11)8-17/h1-6H. The van der Waals surface area contributed by atoms with Crippen LogP contribution in [0.15, 0.2) is 36.4 Å². The first kappa shape index (κ1) is 14.0. The lowest BCUT2D eigenvalue weighted by Gasteiger charge is -2.07. The van der Waals surface area contributed by atoms with Gasteiger partial charge in [-0.3, -0.25) is 10.1 Å². The minimum atomic E-state index is -0.745. The smallest absolute Gasteiger partial charge is 0.287 e. The van der Waals surface area contributed by atoms with E-state index in [9.17, 15) is 14.5 Å². The van der Waals surface area contributed by atoms with E-state index in [1.54, 1.807) is 12.1 Å². The van der Waals surface area contributed by atoms with Gasteiger partial charge < -0.3 is 4.74 Å². The molecule has 0 spiro atoms. The molecule has 2 aromatic rings. The maximum absolute atomic E-state index is 13.7. The van der Waals surface area contributed by atoms with E-state index in [1.807, 2.05) is 0 Å². The van der Waals surface area contributed by atoms with Gasteiger partial charge in [-0.1, -0.05) is 0 Å². The van der Waals surface area contributed by atoms with Crippen molar-refractivity contribution in [2.75, 3.05) is 0 Å². The number of halogens is 1. The molecule has 0 saturated heterocycles. The van der Waals surface area contributed by atoms with Gasteiger partial charge in [-0.25, -0.2) is 4.39 Å². The molecule has 0 aromatic heterocycles. The molecule has 0 amide bonds. The summed E-state index contributed by atoms with van der Waals surface area (Å²) in [7, 11) is 0. The predicted molar refractivity (Wildman–Crippen MR) is 69.0 cm³/mol. The first-order chi connectivity index (χ1) is 10.0. The maximum Gasteiger partial charge on any atom is 0.287 e. The van der Waals surface area contributed by atoms with Crippen LogP contribution in [0.1, 0.15) is 11.1 Å². The topological polar surface area (TPSA) is 99.9 Å². The maximum atomic E-state index is 13.7. The highest BCUT2D eigenvalue weighted by Gasteiger charge is 2.15. The molecule has 0 saturated carbocycles. The number of nitro benzene ring substituents is 1. The van der Waals surface area contributed by atoms with E-state index >= 15 is 0 Å². The summed E-state index contributed by atoms with van der Waals surface area (Å²) in [6.07, 6.45) is 0. The van der Waals surface area contributed by atoms with Crippen LogP contribution >= 0.6 is 0 Å². The molecule has 102 valence electrons. The Kier molecular flexibility index (Phi) is 3.78. The Morgan fingerprint density at radius 1 is 1.14 bits per heavy atom. The van der Waals surface area contributed by atoms with Crippen LogP contribution in [0.4, 0.5) is 10.1 Å². The summed E-state index contributed by atoms with van der Waals surface area (Å²) >= 11 is 0. The molecule has 0 unspecified atom stereocenters. The van der Waals surface area contributed by atoms with Gasteiger partial charge in [-0.15, -0.1) is 0 Å². The zero-order valence-electron chi connectivity index (χ0n) is 10.4. The first-order valence-corrected chi connectivity index (χ1v) is 5.61. The second-order valence-corrected chi connectivity index (χ2v) is 3.91. The van der Waals surface area contributed by atoms with Gasteiger partial charge in [0.05, 0.1) is 16.6 Å². The van der Waals surface area contributed by atoms with E-state index in [4.69, 9.17) is 15.3 Å². The Morgan fingerprint density at radius 3 is 2.48 bits per heavy atom. The normalized spacial score (nSPS) is 9.48. The number of nitrogens with zero attached hydrogens (tertiary/aromatic N) is 3. The molecular formula is C14H6FN3O3. The monoisotopic (exact) mass is 283 g/mol. The van der Waals surface area contributed by atoms with Gasteiger partial charge in [0.15, 0.2) is 11.6 Å². The lowest BCUT2D eigenvalue weighted by Crippen LogP contribution is -1.94. The van der Waals surface area contributed by atoms with Crippen molar-refractivity contribution in [1.82, 2.24) is 0 Å². The van der Waals surface area contributed by atoms with E-state index in [0.29, 0.717) is 0 Å². The first-order valence-electron chi connectivity index (χ1n) is 5.61. The molecular weight excluding hydrogens is 277 g/mol. The van der Waals surface area contributed by atoms with E-state index < -0.39 is 10.7 Å². The lowest BCUT2D eigenvalue weighted by atomic mass is 10.2. The predicted octanol–water partition coefficient (Wildman–Crippen LogP) is 3.27. The summed E-state index contributed by atoms with van der Waals surface area (Å²) in [5, 5.41) is 28.2. The van der Waals surface area contributed by atoms with Gasteiger partial charge in [0, 0.05) is 12.1 Å². The largest absolute Gasteiger partial charge is 0.454 e. The van der Waals surface area contributed by atoms with E-state index in [1.165, 1.54) is 18.2 Å². The lowest BCUT2D eigenvalue weighted by molar-refractivity contribution is -0.385. The Hall–Kier alpha value is -3.45. The molecule has 0 bridgehead atoms. The Bertz CT molecular complexity index is 806. The van der Waals surface area contributed by atoms with Crippen LogP contribution in [0.3, 0.4) is 0 Å². The minimum Gasteiger partial charge on any atom is -0.454 e. The van der Waals surface area contributed by atoms with Crippen LogP contribution in [-0.2, 0) is 0 Å². The molecule has 0 fully saturated rings. The number of rotatable bonds is 3. The van der Waals surface area contributed by atoms with Crippen LogP contribution in [0.5, 0.6) is 11.5 Å². The van der Waals surface area contributed by atoms with Crippen molar-refractivity contribution in [3.8, 4) is 23.6 Å².